The third kappa shape index (κ3) is 7.39. The molecule has 138 valence electrons. The van der Waals surface area contributed by atoms with Crippen LogP contribution >= 0.6 is 11.6 Å². The molecule has 0 bridgehead atoms. The Morgan fingerprint density at radius 2 is 1.76 bits per heavy atom. The van der Waals surface area contributed by atoms with Crippen molar-refractivity contribution in [1.82, 2.24) is 20.4 Å². The van der Waals surface area contributed by atoms with Crippen LogP contribution in [-0.2, 0) is 16.1 Å². The van der Waals surface area contributed by atoms with Crippen LogP contribution in [-0.4, -0.2) is 74.7 Å². The number of amides is 3. The van der Waals surface area contributed by atoms with Crippen molar-refractivity contribution in [3.8, 4) is 0 Å². The van der Waals surface area contributed by atoms with Gasteiger partial charge in [0.1, 0.15) is 0 Å². The van der Waals surface area contributed by atoms with Gasteiger partial charge in [-0.25, -0.2) is 4.79 Å². The molecule has 0 radical (unpaired) electrons. The maximum atomic E-state index is 11.9. The predicted octanol–water partition coefficient (Wildman–Crippen LogP) is 0.930. The van der Waals surface area contributed by atoms with Gasteiger partial charge in [0.2, 0.25) is 5.91 Å². The van der Waals surface area contributed by atoms with Gasteiger partial charge in [-0.1, -0.05) is 23.7 Å². The number of nitrogens with zero attached hydrogens (tertiary/aromatic N) is 2. The van der Waals surface area contributed by atoms with Crippen LogP contribution in [0.5, 0.6) is 0 Å². The summed E-state index contributed by atoms with van der Waals surface area (Å²) < 4.78 is 4.83. The number of methoxy groups -OCH3 is 1. The molecule has 0 spiro atoms. The van der Waals surface area contributed by atoms with Crippen molar-refractivity contribution in [2.24, 2.45) is 0 Å². The molecule has 8 heteroatoms. The van der Waals surface area contributed by atoms with Gasteiger partial charge in [0.25, 0.3) is 0 Å². The van der Waals surface area contributed by atoms with Crippen molar-refractivity contribution in [3.63, 3.8) is 0 Å². The molecule has 1 aromatic carbocycles. The Morgan fingerprint density at radius 3 is 2.40 bits per heavy atom. The van der Waals surface area contributed by atoms with E-state index in [-0.39, 0.29) is 12.5 Å². The lowest BCUT2D eigenvalue weighted by molar-refractivity contribution is -0.121. The van der Waals surface area contributed by atoms with Crippen molar-refractivity contribution in [2.45, 2.75) is 6.54 Å². The van der Waals surface area contributed by atoms with Crippen LogP contribution < -0.4 is 10.6 Å². The molecule has 0 aliphatic carbocycles. The number of ether oxygens (including phenoxy) is 1. The first-order valence-electron chi connectivity index (χ1n) is 8.32. The number of halogens is 1. The first kappa shape index (κ1) is 19.7. The summed E-state index contributed by atoms with van der Waals surface area (Å²) in [6.07, 6.45) is 0. The molecule has 1 saturated heterocycles. The van der Waals surface area contributed by atoms with E-state index in [1.54, 1.807) is 7.11 Å². The second kappa shape index (κ2) is 10.4. The van der Waals surface area contributed by atoms with Gasteiger partial charge >= 0.3 is 6.03 Å². The molecule has 3 amide bonds. The van der Waals surface area contributed by atoms with E-state index < -0.39 is 6.03 Å². The van der Waals surface area contributed by atoms with Crippen molar-refractivity contribution >= 4 is 23.5 Å². The highest BCUT2D eigenvalue weighted by Gasteiger charge is 2.19. The number of benzene rings is 1. The average Bonchev–Trinajstić information content (AvgIpc) is 2.59. The minimum atomic E-state index is -0.483. The number of urea groups is 1. The SMILES string of the molecule is COCCNC(=O)NC(=O)CN1CCN(Cc2ccc(Cl)cc2)CC1. The Labute approximate surface area is 153 Å². The molecule has 1 heterocycles. The molecular weight excluding hydrogens is 344 g/mol. The Morgan fingerprint density at radius 1 is 1.12 bits per heavy atom. The van der Waals surface area contributed by atoms with Gasteiger partial charge in [0, 0.05) is 51.4 Å². The van der Waals surface area contributed by atoms with Gasteiger partial charge in [-0.15, -0.1) is 0 Å². The van der Waals surface area contributed by atoms with Crippen LogP contribution in [0.15, 0.2) is 24.3 Å². The van der Waals surface area contributed by atoms with E-state index in [0.717, 1.165) is 37.7 Å². The molecule has 1 aromatic rings. The molecule has 0 unspecified atom stereocenters. The fourth-order valence-electron chi connectivity index (χ4n) is 2.63. The van der Waals surface area contributed by atoms with Crippen LogP contribution in [0.4, 0.5) is 4.79 Å². The lowest BCUT2D eigenvalue weighted by atomic mass is 10.2. The van der Waals surface area contributed by atoms with Crippen LogP contribution in [0.2, 0.25) is 5.02 Å². The van der Waals surface area contributed by atoms with Crippen LogP contribution in [0.3, 0.4) is 0 Å². The van der Waals surface area contributed by atoms with Gasteiger partial charge < -0.3 is 10.1 Å². The van der Waals surface area contributed by atoms with Crippen molar-refractivity contribution < 1.29 is 14.3 Å². The molecule has 1 aliphatic heterocycles. The smallest absolute Gasteiger partial charge is 0.321 e. The number of hydrogen-bond acceptors (Lipinski definition) is 5. The molecule has 0 atom stereocenters. The molecule has 0 saturated carbocycles. The first-order valence-corrected chi connectivity index (χ1v) is 8.70. The van der Waals surface area contributed by atoms with Crippen molar-refractivity contribution in [3.05, 3.63) is 34.9 Å². The number of carbonyl (C=O) groups excluding carboxylic acids is 2. The molecule has 7 nitrogen and oxygen atoms in total. The Bertz CT molecular complexity index is 560. The molecule has 1 aliphatic rings. The number of hydrogen-bond donors (Lipinski definition) is 2. The molecule has 0 aromatic heterocycles. The number of piperazine rings is 1. The van der Waals surface area contributed by atoms with Crippen LogP contribution in [0.25, 0.3) is 0 Å². The fourth-order valence-corrected chi connectivity index (χ4v) is 2.76. The monoisotopic (exact) mass is 368 g/mol. The summed E-state index contributed by atoms with van der Waals surface area (Å²) in [6.45, 7) is 5.26. The number of imide groups is 1. The Balaban J connectivity index is 1.65. The minimum absolute atomic E-state index is 0.229. The Kier molecular flexibility index (Phi) is 8.14. The van der Waals surface area contributed by atoms with Crippen LogP contribution in [0, 0.1) is 0 Å². The summed E-state index contributed by atoms with van der Waals surface area (Å²) in [7, 11) is 1.55. The number of carbonyl (C=O) groups is 2. The largest absolute Gasteiger partial charge is 0.383 e. The second-order valence-corrected chi connectivity index (χ2v) is 6.41. The van der Waals surface area contributed by atoms with E-state index in [9.17, 15) is 9.59 Å². The molecular formula is C17H25ClN4O3. The Hall–Kier alpha value is -1.67. The zero-order valence-electron chi connectivity index (χ0n) is 14.5. The third-order valence-electron chi connectivity index (χ3n) is 4.00. The van der Waals surface area contributed by atoms with E-state index in [1.165, 1.54) is 5.56 Å². The number of rotatable bonds is 7. The van der Waals surface area contributed by atoms with Gasteiger partial charge in [0.05, 0.1) is 13.2 Å². The minimum Gasteiger partial charge on any atom is -0.383 e. The van der Waals surface area contributed by atoms with E-state index in [2.05, 4.69) is 20.4 Å². The number of nitrogens with one attached hydrogen (secondary N) is 2. The highest BCUT2D eigenvalue weighted by molar-refractivity contribution is 6.30. The van der Waals surface area contributed by atoms with E-state index in [0.29, 0.717) is 13.2 Å². The zero-order valence-corrected chi connectivity index (χ0v) is 15.2. The van der Waals surface area contributed by atoms with E-state index >= 15 is 0 Å². The summed E-state index contributed by atoms with van der Waals surface area (Å²) in [5, 5.41) is 5.63. The maximum Gasteiger partial charge on any atom is 0.321 e. The average molecular weight is 369 g/mol. The summed E-state index contributed by atoms with van der Waals surface area (Å²) >= 11 is 5.90. The lowest BCUT2D eigenvalue weighted by Gasteiger charge is -2.34. The van der Waals surface area contributed by atoms with Gasteiger partial charge in [-0.3, -0.25) is 19.9 Å². The highest BCUT2D eigenvalue weighted by atomic mass is 35.5. The van der Waals surface area contributed by atoms with Gasteiger partial charge in [0.15, 0.2) is 0 Å². The topological polar surface area (TPSA) is 73.9 Å². The highest BCUT2D eigenvalue weighted by Crippen LogP contribution is 2.12. The maximum absolute atomic E-state index is 11.9. The predicted molar refractivity (Wildman–Crippen MR) is 96.6 cm³/mol. The quantitative estimate of drug-likeness (QED) is 0.700. The van der Waals surface area contributed by atoms with Crippen molar-refractivity contribution in [2.75, 3.05) is 53.0 Å². The second-order valence-electron chi connectivity index (χ2n) is 5.98. The summed E-state index contributed by atoms with van der Waals surface area (Å²) in [6, 6.07) is 7.38. The summed E-state index contributed by atoms with van der Waals surface area (Å²) in [4.78, 5) is 27.8. The molecule has 2 rings (SSSR count). The van der Waals surface area contributed by atoms with Gasteiger partial charge in [-0.05, 0) is 17.7 Å². The van der Waals surface area contributed by atoms with Gasteiger partial charge in [-0.2, -0.15) is 0 Å². The summed E-state index contributed by atoms with van der Waals surface area (Å²) in [5.41, 5.74) is 1.23. The van der Waals surface area contributed by atoms with Crippen molar-refractivity contribution in [1.29, 1.82) is 0 Å². The molecule has 1 fully saturated rings. The normalized spacial score (nSPS) is 15.8. The fraction of sp³-hybridized carbons (Fsp3) is 0.529. The zero-order chi connectivity index (χ0) is 18.1. The molecule has 25 heavy (non-hydrogen) atoms. The third-order valence-corrected chi connectivity index (χ3v) is 4.25. The van der Waals surface area contributed by atoms with E-state index in [4.69, 9.17) is 16.3 Å². The van der Waals surface area contributed by atoms with E-state index in [1.807, 2.05) is 24.3 Å². The summed E-state index contributed by atoms with van der Waals surface area (Å²) in [5.74, 6) is -0.291. The first-order chi connectivity index (χ1) is 12.1. The molecule has 2 N–H and O–H groups in total. The van der Waals surface area contributed by atoms with Crippen LogP contribution in [0.1, 0.15) is 5.56 Å². The lowest BCUT2D eigenvalue weighted by Crippen LogP contribution is -2.50. The standard InChI is InChI=1S/C17H25ClN4O3/c1-25-11-6-19-17(24)20-16(23)13-22-9-7-21(8-10-22)12-14-2-4-15(18)5-3-14/h2-5H,6-13H2,1H3,(H2,19,20,23,24).